The van der Waals surface area contributed by atoms with E-state index in [4.69, 9.17) is 0 Å². The van der Waals surface area contributed by atoms with Gasteiger partial charge in [-0.15, -0.1) is 0 Å². The predicted octanol–water partition coefficient (Wildman–Crippen LogP) is 3.17. The number of carbonyl (C=O) groups is 1. The van der Waals surface area contributed by atoms with Gasteiger partial charge in [0.25, 0.3) is 5.56 Å². The van der Waals surface area contributed by atoms with E-state index >= 15 is 0 Å². The van der Waals surface area contributed by atoms with Crippen LogP contribution in [0.5, 0.6) is 0 Å². The van der Waals surface area contributed by atoms with E-state index in [1.165, 1.54) is 28.3 Å². The summed E-state index contributed by atoms with van der Waals surface area (Å²) in [6.45, 7) is 3.55. The number of hydrogen-bond acceptors (Lipinski definition) is 6. The van der Waals surface area contributed by atoms with Gasteiger partial charge < -0.3 is 5.32 Å². The van der Waals surface area contributed by atoms with E-state index in [9.17, 15) is 9.59 Å². The highest BCUT2D eigenvalue weighted by Crippen LogP contribution is 2.31. The summed E-state index contributed by atoms with van der Waals surface area (Å²) < 4.78 is 1.28. The number of carbonyl (C=O) groups excluding carboxylic acids is 1. The van der Waals surface area contributed by atoms with Crippen LogP contribution in [0.1, 0.15) is 11.3 Å². The van der Waals surface area contributed by atoms with Crippen LogP contribution in [-0.2, 0) is 11.3 Å². The Labute approximate surface area is 164 Å². The summed E-state index contributed by atoms with van der Waals surface area (Å²) >= 11 is 1.50. The molecule has 0 aliphatic rings. The molecule has 8 heteroatoms. The lowest BCUT2D eigenvalue weighted by molar-refractivity contribution is -0.116. The van der Waals surface area contributed by atoms with Crippen molar-refractivity contribution in [1.29, 1.82) is 0 Å². The van der Waals surface area contributed by atoms with Crippen molar-refractivity contribution in [2.75, 3.05) is 5.32 Å². The fraction of sp³-hybridized carbons (Fsp3) is 0.150. The van der Waals surface area contributed by atoms with Gasteiger partial charge in [-0.1, -0.05) is 23.5 Å². The average molecular weight is 391 g/mol. The lowest BCUT2D eigenvalue weighted by Gasteiger charge is -2.11. The third-order valence-corrected chi connectivity index (χ3v) is 5.28. The molecule has 0 saturated carbocycles. The minimum Gasteiger partial charge on any atom is -0.324 e. The van der Waals surface area contributed by atoms with Crippen molar-refractivity contribution >= 4 is 33.3 Å². The van der Waals surface area contributed by atoms with Crippen molar-refractivity contribution in [2.24, 2.45) is 0 Å². The Kier molecular flexibility index (Phi) is 4.70. The van der Waals surface area contributed by atoms with Gasteiger partial charge in [0, 0.05) is 29.2 Å². The average Bonchev–Trinajstić information content (AvgIpc) is 3.10. The van der Waals surface area contributed by atoms with Crippen LogP contribution in [0.15, 0.2) is 53.7 Å². The van der Waals surface area contributed by atoms with Gasteiger partial charge in [-0.3, -0.25) is 14.2 Å². The third kappa shape index (κ3) is 3.67. The Bertz CT molecular complexity index is 1210. The first-order valence-electron chi connectivity index (χ1n) is 8.65. The van der Waals surface area contributed by atoms with Crippen LogP contribution in [0, 0.1) is 13.8 Å². The normalized spacial score (nSPS) is 10.9. The number of fused-ring (bicyclic) bond motifs is 1. The summed E-state index contributed by atoms with van der Waals surface area (Å²) in [5, 5.41) is 3.72. The van der Waals surface area contributed by atoms with Gasteiger partial charge in [0.2, 0.25) is 5.91 Å². The molecule has 0 fully saturated rings. The number of thiazole rings is 1. The third-order valence-electron chi connectivity index (χ3n) is 4.26. The number of aryl methyl sites for hydroxylation is 2. The molecule has 4 aromatic rings. The van der Waals surface area contributed by atoms with Crippen LogP contribution in [0.3, 0.4) is 0 Å². The minimum atomic E-state index is -0.293. The van der Waals surface area contributed by atoms with Gasteiger partial charge in [0.1, 0.15) is 21.9 Å². The second kappa shape index (κ2) is 7.32. The smallest absolute Gasteiger partial charge is 0.253 e. The van der Waals surface area contributed by atoms with Gasteiger partial charge in [-0.05, 0) is 37.6 Å². The molecule has 3 heterocycles. The molecule has 3 aromatic heterocycles. The van der Waals surface area contributed by atoms with Crippen LogP contribution >= 0.6 is 11.3 Å². The van der Waals surface area contributed by atoms with Gasteiger partial charge in [-0.25, -0.2) is 15.0 Å². The Balaban J connectivity index is 1.58. The maximum Gasteiger partial charge on any atom is 0.253 e. The van der Waals surface area contributed by atoms with Gasteiger partial charge in [0.05, 0.1) is 6.33 Å². The van der Waals surface area contributed by atoms with E-state index < -0.39 is 0 Å². The zero-order chi connectivity index (χ0) is 19.7. The standard InChI is InChI=1S/C20H17N5O2S/c1-12-5-6-14(19-24-15-4-3-7-21-20(15)28-19)9-16(12)23-17(26)10-25-11-22-13(2)8-18(25)27/h3-9,11H,10H2,1-2H3,(H,23,26). The molecule has 0 bridgehead atoms. The Morgan fingerprint density at radius 2 is 2.04 bits per heavy atom. The maximum absolute atomic E-state index is 12.4. The molecule has 1 amide bonds. The minimum absolute atomic E-state index is 0.0964. The highest BCUT2D eigenvalue weighted by molar-refractivity contribution is 7.21. The molecule has 1 N–H and O–H groups in total. The summed E-state index contributed by atoms with van der Waals surface area (Å²) in [5.74, 6) is -0.293. The number of hydrogen-bond donors (Lipinski definition) is 1. The summed E-state index contributed by atoms with van der Waals surface area (Å²) in [7, 11) is 0. The lowest BCUT2D eigenvalue weighted by atomic mass is 10.1. The highest BCUT2D eigenvalue weighted by Gasteiger charge is 2.11. The second-order valence-corrected chi connectivity index (χ2v) is 7.40. The summed E-state index contributed by atoms with van der Waals surface area (Å²) in [6.07, 6.45) is 3.13. The number of anilines is 1. The largest absolute Gasteiger partial charge is 0.324 e. The molecule has 0 radical (unpaired) electrons. The van der Waals surface area contributed by atoms with Crippen molar-refractivity contribution in [3.05, 3.63) is 70.5 Å². The number of nitrogens with one attached hydrogen (secondary N) is 1. The van der Waals surface area contributed by atoms with E-state index in [1.54, 1.807) is 13.1 Å². The number of aromatic nitrogens is 4. The maximum atomic E-state index is 12.4. The van der Waals surface area contributed by atoms with Crippen molar-refractivity contribution in [1.82, 2.24) is 19.5 Å². The molecule has 7 nitrogen and oxygen atoms in total. The molecule has 0 spiro atoms. The van der Waals surface area contributed by atoms with E-state index in [0.717, 1.165) is 26.5 Å². The van der Waals surface area contributed by atoms with Crippen molar-refractivity contribution in [3.8, 4) is 10.6 Å². The van der Waals surface area contributed by atoms with E-state index in [2.05, 4.69) is 20.3 Å². The Morgan fingerprint density at radius 1 is 1.18 bits per heavy atom. The first-order chi connectivity index (χ1) is 13.5. The molecule has 1 aromatic carbocycles. The van der Waals surface area contributed by atoms with E-state index in [-0.39, 0.29) is 18.0 Å². The SMILES string of the molecule is Cc1cc(=O)n(CC(=O)Nc2cc(-c3nc4cccnc4s3)ccc2C)cn1. The Hall–Kier alpha value is -3.39. The number of pyridine rings is 1. The Morgan fingerprint density at radius 3 is 2.82 bits per heavy atom. The van der Waals surface area contributed by atoms with Gasteiger partial charge in [0.15, 0.2) is 0 Å². The topological polar surface area (TPSA) is 89.8 Å². The van der Waals surface area contributed by atoms with Crippen LogP contribution < -0.4 is 10.9 Å². The number of benzene rings is 1. The fourth-order valence-corrected chi connectivity index (χ4v) is 3.67. The first kappa shape index (κ1) is 18.0. The highest BCUT2D eigenvalue weighted by atomic mass is 32.1. The van der Waals surface area contributed by atoms with Crippen LogP contribution in [0.25, 0.3) is 20.9 Å². The summed E-state index contributed by atoms with van der Waals surface area (Å²) in [4.78, 5) is 38.3. The molecular formula is C20H17N5O2S. The summed E-state index contributed by atoms with van der Waals surface area (Å²) in [5.41, 5.74) is 3.72. The molecule has 0 unspecified atom stereocenters. The van der Waals surface area contributed by atoms with Crippen molar-refractivity contribution in [2.45, 2.75) is 20.4 Å². The lowest BCUT2D eigenvalue weighted by Crippen LogP contribution is -2.27. The monoisotopic (exact) mass is 391 g/mol. The van der Waals surface area contributed by atoms with Gasteiger partial charge >= 0.3 is 0 Å². The molecule has 0 aliphatic heterocycles. The zero-order valence-corrected chi connectivity index (χ0v) is 16.2. The summed E-state index contributed by atoms with van der Waals surface area (Å²) in [6, 6.07) is 11.0. The van der Waals surface area contributed by atoms with Crippen molar-refractivity contribution in [3.63, 3.8) is 0 Å². The first-order valence-corrected chi connectivity index (χ1v) is 9.47. The van der Waals surface area contributed by atoms with Crippen LogP contribution in [-0.4, -0.2) is 25.4 Å². The van der Waals surface area contributed by atoms with Crippen LogP contribution in [0.4, 0.5) is 5.69 Å². The van der Waals surface area contributed by atoms with Gasteiger partial charge in [-0.2, -0.15) is 0 Å². The molecule has 140 valence electrons. The van der Waals surface area contributed by atoms with Crippen molar-refractivity contribution < 1.29 is 4.79 Å². The molecule has 0 aliphatic carbocycles. The fourth-order valence-electron chi connectivity index (χ4n) is 2.76. The number of rotatable bonds is 4. The van der Waals surface area contributed by atoms with E-state index in [0.29, 0.717) is 11.4 Å². The number of nitrogens with zero attached hydrogens (tertiary/aromatic N) is 4. The quantitative estimate of drug-likeness (QED) is 0.577. The second-order valence-electron chi connectivity index (χ2n) is 6.42. The predicted molar refractivity (Wildman–Crippen MR) is 109 cm³/mol. The zero-order valence-electron chi connectivity index (χ0n) is 15.3. The molecular weight excluding hydrogens is 374 g/mol. The molecule has 28 heavy (non-hydrogen) atoms. The molecule has 0 saturated heterocycles. The van der Waals surface area contributed by atoms with E-state index in [1.807, 2.05) is 37.3 Å². The number of amides is 1. The molecule has 4 rings (SSSR count). The van der Waals surface area contributed by atoms with Crippen LogP contribution in [0.2, 0.25) is 0 Å². The molecule has 0 atom stereocenters.